The molecule has 0 bridgehead atoms. The zero-order chi connectivity index (χ0) is 25.3. The van der Waals surface area contributed by atoms with Gasteiger partial charge in [-0.3, -0.25) is 9.52 Å². The third-order valence-corrected chi connectivity index (χ3v) is 7.25. The number of nitrogens with one attached hydrogen (secondary N) is 2. The van der Waals surface area contributed by atoms with Crippen LogP contribution in [0.2, 0.25) is 0 Å². The molecule has 2 aromatic carbocycles. The highest BCUT2D eigenvalue weighted by Gasteiger charge is 2.26. The molecule has 9 nitrogen and oxygen atoms in total. The molecule has 0 fully saturated rings. The van der Waals surface area contributed by atoms with Crippen LogP contribution in [0, 0.1) is 27.7 Å². The molecule has 0 aliphatic carbocycles. The molecule has 0 atom stereocenters. The summed E-state index contributed by atoms with van der Waals surface area (Å²) in [5, 5.41) is 15.7. The van der Waals surface area contributed by atoms with Crippen LogP contribution in [0.3, 0.4) is 0 Å². The van der Waals surface area contributed by atoms with Gasteiger partial charge >= 0.3 is 0 Å². The third kappa shape index (κ3) is 5.07. The Hall–Kier alpha value is -4.05. The van der Waals surface area contributed by atoms with Gasteiger partial charge in [-0.15, -0.1) is 10.2 Å². The van der Waals surface area contributed by atoms with Crippen molar-refractivity contribution >= 4 is 27.3 Å². The summed E-state index contributed by atoms with van der Waals surface area (Å²) in [6, 6.07) is 16.1. The predicted octanol–water partition coefficient (Wildman–Crippen LogP) is 4.32. The minimum absolute atomic E-state index is 0.0727. The second-order valence-corrected chi connectivity index (χ2v) is 9.97. The van der Waals surface area contributed by atoms with E-state index in [4.69, 9.17) is 0 Å². The molecule has 0 spiro atoms. The molecule has 0 saturated heterocycles. The lowest BCUT2D eigenvalue weighted by Gasteiger charge is -2.10. The normalized spacial score (nSPS) is 11.3. The maximum absolute atomic E-state index is 13.2. The Morgan fingerprint density at radius 2 is 1.54 bits per heavy atom. The van der Waals surface area contributed by atoms with Gasteiger partial charge in [-0.2, -0.15) is 5.10 Å². The Balaban J connectivity index is 1.61. The van der Waals surface area contributed by atoms with E-state index < -0.39 is 10.0 Å². The van der Waals surface area contributed by atoms with Crippen molar-refractivity contribution in [2.45, 2.75) is 39.5 Å². The number of sulfonamides is 1. The van der Waals surface area contributed by atoms with E-state index in [1.165, 1.54) is 22.7 Å². The van der Waals surface area contributed by atoms with Gasteiger partial charge in [0, 0.05) is 23.9 Å². The maximum Gasteiger partial charge on any atom is 0.265 e. The summed E-state index contributed by atoms with van der Waals surface area (Å²) in [6.45, 7) is 8.81. The average Bonchev–Trinajstić information content (AvgIpc) is 3.11. The Bertz CT molecular complexity index is 1510. The number of hydrogen-bond acceptors (Lipinski definition) is 6. The fourth-order valence-electron chi connectivity index (χ4n) is 3.76. The molecule has 0 aliphatic rings. The van der Waals surface area contributed by atoms with Gasteiger partial charge in [0.05, 0.1) is 17.1 Å². The summed E-state index contributed by atoms with van der Waals surface area (Å²) in [5.74, 6) is 0.210. The first kappa shape index (κ1) is 24.1. The van der Waals surface area contributed by atoms with Gasteiger partial charge in [0.15, 0.2) is 5.82 Å². The molecule has 2 N–H and O–H groups in total. The molecule has 0 unspecified atom stereocenters. The number of rotatable bonds is 6. The second-order valence-electron chi connectivity index (χ2n) is 8.35. The van der Waals surface area contributed by atoms with E-state index in [0.717, 1.165) is 11.3 Å². The molecule has 180 valence electrons. The van der Waals surface area contributed by atoms with Crippen LogP contribution in [0.15, 0.2) is 59.5 Å². The van der Waals surface area contributed by atoms with Crippen LogP contribution in [-0.2, 0) is 14.8 Å². The van der Waals surface area contributed by atoms with Crippen molar-refractivity contribution in [3.8, 4) is 17.1 Å². The number of aromatic nitrogens is 4. The van der Waals surface area contributed by atoms with Crippen molar-refractivity contribution in [3.63, 3.8) is 0 Å². The van der Waals surface area contributed by atoms with Gasteiger partial charge < -0.3 is 5.32 Å². The van der Waals surface area contributed by atoms with E-state index in [1.807, 2.05) is 25.1 Å². The first-order chi connectivity index (χ1) is 16.5. The van der Waals surface area contributed by atoms with Crippen molar-refractivity contribution in [2.24, 2.45) is 0 Å². The summed E-state index contributed by atoms with van der Waals surface area (Å²) >= 11 is 0. The smallest absolute Gasteiger partial charge is 0.265 e. The molecule has 2 heterocycles. The molecular formula is C25H26N6O3S. The van der Waals surface area contributed by atoms with Crippen LogP contribution in [0.1, 0.15) is 29.4 Å². The van der Waals surface area contributed by atoms with Crippen LogP contribution >= 0.6 is 0 Å². The Morgan fingerprint density at radius 3 is 2.14 bits per heavy atom. The summed E-state index contributed by atoms with van der Waals surface area (Å²) in [7, 11) is -3.93. The Kier molecular flexibility index (Phi) is 6.40. The van der Waals surface area contributed by atoms with Crippen molar-refractivity contribution in [1.29, 1.82) is 0 Å². The Morgan fingerprint density at radius 1 is 0.857 bits per heavy atom. The molecule has 0 aliphatic heterocycles. The minimum Gasteiger partial charge on any atom is -0.326 e. The van der Waals surface area contributed by atoms with E-state index in [2.05, 4.69) is 38.3 Å². The van der Waals surface area contributed by atoms with Crippen molar-refractivity contribution in [2.75, 3.05) is 10.0 Å². The maximum atomic E-state index is 13.2. The van der Waals surface area contributed by atoms with Gasteiger partial charge in [-0.25, -0.2) is 13.1 Å². The first-order valence-corrected chi connectivity index (χ1v) is 12.4. The predicted molar refractivity (Wildman–Crippen MR) is 135 cm³/mol. The molecule has 0 radical (unpaired) electrons. The number of amides is 1. The molecule has 0 saturated carbocycles. The van der Waals surface area contributed by atoms with Crippen LogP contribution in [0.4, 0.5) is 11.4 Å². The number of benzene rings is 2. The molecular weight excluding hydrogens is 464 g/mol. The number of nitrogens with zero attached hydrogens (tertiary/aromatic N) is 4. The van der Waals surface area contributed by atoms with Crippen molar-refractivity contribution in [3.05, 3.63) is 77.1 Å². The van der Waals surface area contributed by atoms with E-state index in [0.29, 0.717) is 28.6 Å². The molecule has 1 amide bonds. The summed E-state index contributed by atoms with van der Waals surface area (Å²) in [4.78, 5) is 11.3. The van der Waals surface area contributed by atoms with Gasteiger partial charge in [-0.05, 0) is 81.3 Å². The minimum atomic E-state index is -3.93. The molecule has 4 rings (SSSR count). The lowest BCUT2D eigenvalue weighted by atomic mass is 10.0. The molecule has 2 aromatic heterocycles. The van der Waals surface area contributed by atoms with Gasteiger partial charge in [0.2, 0.25) is 5.91 Å². The van der Waals surface area contributed by atoms with Gasteiger partial charge in [-0.1, -0.05) is 12.1 Å². The lowest BCUT2D eigenvalue weighted by Crippen LogP contribution is -2.15. The third-order valence-electron chi connectivity index (χ3n) is 5.62. The van der Waals surface area contributed by atoms with E-state index >= 15 is 0 Å². The number of aryl methyl sites for hydroxylation is 3. The van der Waals surface area contributed by atoms with Crippen molar-refractivity contribution in [1.82, 2.24) is 20.0 Å². The first-order valence-electron chi connectivity index (χ1n) is 10.9. The Labute approximate surface area is 204 Å². The number of anilines is 2. The number of carbonyl (C=O) groups is 1. The van der Waals surface area contributed by atoms with E-state index in [1.54, 1.807) is 44.2 Å². The zero-order valence-electron chi connectivity index (χ0n) is 20.1. The summed E-state index contributed by atoms with van der Waals surface area (Å²) in [6.07, 6.45) is 0. The quantitative estimate of drug-likeness (QED) is 0.415. The van der Waals surface area contributed by atoms with Crippen LogP contribution in [0.25, 0.3) is 17.1 Å². The highest BCUT2D eigenvalue weighted by Crippen LogP contribution is 2.26. The largest absolute Gasteiger partial charge is 0.326 e. The highest BCUT2D eigenvalue weighted by atomic mass is 32.2. The van der Waals surface area contributed by atoms with Crippen molar-refractivity contribution < 1.29 is 13.2 Å². The van der Waals surface area contributed by atoms with Crippen LogP contribution in [-0.4, -0.2) is 34.3 Å². The topological polar surface area (TPSA) is 119 Å². The van der Waals surface area contributed by atoms with E-state index in [-0.39, 0.29) is 10.8 Å². The van der Waals surface area contributed by atoms with E-state index in [9.17, 15) is 13.2 Å². The molecule has 10 heteroatoms. The average molecular weight is 491 g/mol. The van der Waals surface area contributed by atoms with Crippen LogP contribution in [0.5, 0.6) is 0 Å². The second kappa shape index (κ2) is 9.30. The molecule has 4 aromatic rings. The molecule has 35 heavy (non-hydrogen) atoms. The van der Waals surface area contributed by atoms with Crippen LogP contribution < -0.4 is 10.0 Å². The highest BCUT2D eigenvalue weighted by molar-refractivity contribution is 7.92. The summed E-state index contributed by atoms with van der Waals surface area (Å²) < 4.78 is 30.4. The van der Waals surface area contributed by atoms with Gasteiger partial charge in [0.1, 0.15) is 4.90 Å². The number of hydrogen-bond donors (Lipinski definition) is 2. The number of carbonyl (C=O) groups excluding carboxylic acids is 1. The summed E-state index contributed by atoms with van der Waals surface area (Å²) in [5.41, 5.74) is 5.73. The monoisotopic (exact) mass is 490 g/mol. The van der Waals surface area contributed by atoms with Gasteiger partial charge in [0.25, 0.3) is 10.0 Å². The fraction of sp³-hybridized carbons (Fsp3) is 0.200. The lowest BCUT2D eigenvalue weighted by molar-refractivity contribution is -0.114. The SMILES string of the molecule is CC(=O)Nc1ccc(NS(=O)(=O)c2c(C)nn(-c3ccc(-c4ccc(C)c(C)c4)nn3)c2C)cc1. The standard InChI is InChI=1S/C25H26N6O3S/c1-15-6-7-20(14-16(15)2)23-12-13-24(28-27-23)31-18(4)25(17(3)29-31)35(33,34)30-22-10-8-21(9-11-22)26-19(5)32/h6-14,30H,1-5H3,(H,26,32). The fourth-order valence-corrected chi connectivity index (χ4v) is 5.22. The zero-order valence-corrected chi connectivity index (χ0v) is 20.9.